The predicted molar refractivity (Wildman–Crippen MR) is 84.1 cm³/mol. The summed E-state index contributed by atoms with van der Waals surface area (Å²) in [6.45, 7) is -0.0627. The summed E-state index contributed by atoms with van der Waals surface area (Å²) in [6.07, 6.45) is 7.32. The molecule has 23 heavy (non-hydrogen) atoms. The third-order valence-electron chi connectivity index (χ3n) is 3.72. The molecule has 1 aromatic carbocycles. The van der Waals surface area contributed by atoms with Gasteiger partial charge in [0, 0.05) is 25.7 Å². The quantitative estimate of drug-likeness (QED) is 0.789. The number of hydrogen-bond acceptors (Lipinski definition) is 5. The standard InChI is InChI=1S/C16H16N4O3/c1-2-3-8-16(19-20-16)9-7-13(21)17-11-5-4-6-12-15(11)23-10-14(22)18-12/h1,4-6H,3,7-10H2,(H,17,21)(H,18,22). The van der Waals surface area contributed by atoms with Gasteiger partial charge in [-0.15, -0.1) is 12.3 Å². The van der Waals surface area contributed by atoms with E-state index in [-0.39, 0.29) is 24.8 Å². The summed E-state index contributed by atoms with van der Waals surface area (Å²) in [4.78, 5) is 23.4. The first-order chi connectivity index (χ1) is 11.1. The summed E-state index contributed by atoms with van der Waals surface area (Å²) in [7, 11) is 0. The van der Waals surface area contributed by atoms with E-state index in [1.54, 1.807) is 18.2 Å². The van der Waals surface area contributed by atoms with Crippen LogP contribution >= 0.6 is 0 Å². The molecule has 2 N–H and O–H groups in total. The van der Waals surface area contributed by atoms with E-state index in [1.165, 1.54) is 0 Å². The molecule has 2 aliphatic heterocycles. The van der Waals surface area contributed by atoms with Gasteiger partial charge in [0.2, 0.25) is 5.91 Å². The number of hydrogen-bond donors (Lipinski definition) is 2. The van der Waals surface area contributed by atoms with E-state index in [9.17, 15) is 9.59 Å². The van der Waals surface area contributed by atoms with Crippen molar-refractivity contribution in [3.05, 3.63) is 18.2 Å². The summed E-state index contributed by atoms with van der Waals surface area (Å²) in [5.41, 5.74) is 0.621. The van der Waals surface area contributed by atoms with Crippen molar-refractivity contribution >= 4 is 23.2 Å². The van der Waals surface area contributed by atoms with E-state index >= 15 is 0 Å². The lowest BCUT2D eigenvalue weighted by Gasteiger charge is -2.20. The lowest BCUT2D eigenvalue weighted by Crippen LogP contribution is -2.26. The molecular weight excluding hydrogens is 296 g/mol. The average molecular weight is 312 g/mol. The molecule has 118 valence electrons. The van der Waals surface area contributed by atoms with Crippen LogP contribution in [0.4, 0.5) is 11.4 Å². The van der Waals surface area contributed by atoms with Crippen LogP contribution < -0.4 is 15.4 Å². The number of amides is 2. The highest BCUT2D eigenvalue weighted by Crippen LogP contribution is 2.38. The van der Waals surface area contributed by atoms with E-state index < -0.39 is 5.66 Å². The Labute approximate surface area is 133 Å². The molecule has 0 unspecified atom stereocenters. The second kappa shape index (κ2) is 6.08. The van der Waals surface area contributed by atoms with Crippen molar-refractivity contribution in [3.8, 4) is 18.1 Å². The minimum atomic E-state index is -0.468. The van der Waals surface area contributed by atoms with Gasteiger partial charge in [-0.05, 0) is 12.1 Å². The van der Waals surface area contributed by atoms with E-state index in [0.29, 0.717) is 36.4 Å². The van der Waals surface area contributed by atoms with Gasteiger partial charge in [-0.1, -0.05) is 6.07 Å². The van der Waals surface area contributed by atoms with Gasteiger partial charge < -0.3 is 15.4 Å². The van der Waals surface area contributed by atoms with Crippen molar-refractivity contribution < 1.29 is 14.3 Å². The van der Waals surface area contributed by atoms with Crippen molar-refractivity contribution in [2.75, 3.05) is 17.2 Å². The molecule has 2 aliphatic rings. The first kappa shape index (κ1) is 15.0. The summed E-state index contributed by atoms with van der Waals surface area (Å²) >= 11 is 0. The Hall–Kier alpha value is -2.88. The number of terminal acetylenes is 1. The van der Waals surface area contributed by atoms with E-state index in [4.69, 9.17) is 11.2 Å². The zero-order valence-electron chi connectivity index (χ0n) is 12.5. The molecule has 3 rings (SSSR count). The first-order valence-electron chi connectivity index (χ1n) is 7.35. The highest BCUT2D eigenvalue weighted by molar-refractivity contribution is 5.99. The Morgan fingerprint density at radius 1 is 1.43 bits per heavy atom. The molecule has 2 heterocycles. The Morgan fingerprint density at radius 3 is 3.00 bits per heavy atom. The number of ether oxygens (including phenoxy) is 1. The van der Waals surface area contributed by atoms with Crippen molar-refractivity contribution in [3.63, 3.8) is 0 Å². The minimum Gasteiger partial charge on any atom is -0.479 e. The molecule has 0 atom stereocenters. The van der Waals surface area contributed by atoms with Crippen molar-refractivity contribution in [2.24, 2.45) is 10.2 Å². The Balaban J connectivity index is 1.58. The smallest absolute Gasteiger partial charge is 0.262 e. The Morgan fingerprint density at radius 2 is 2.26 bits per heavy atom. The molecule has 7 heteroatoms. The van der Waals surface area contributed by atoms with E-state index in [1.807, 2.05) is 0 Å². The number of nitrogens with zero attached hydrogens (tertiary/aromatic N) is 2. The summed E-state index contributed by atoms with van der Waals surface area (Å²) < 4.78 is 5.39. The third-order valence-corrected chi connectivity index (χ3v) is 3.72. The number of para-hydroxylation sites is 1. The summed E-state index contributed by atoms with van der Waals surface area (Å²) in [5.74, 6) is 2.66. The third kappa shape index (κ3) is 3.48. The van der Waals surface area contributed by atoms with Crippen LogP contribution in [0.5, 0.6) is 5.75 Å². The zero-order chi connectivity index (χ0) is 16.3. The molecule has 0 fully saturated rings. The van der Waals surface area contributed by atoms with Crippen LogP contribution in [0.2, 0.25) is 0 Å². The van der Waals surface area contributed by atoms with Crippen LogP contribution in [0.1, 0.15) is 25.7 Å². The molecule has 0 spiro atoms. The number of nitrogens with one attached hydrogen (secondary N) is 2. The van der Waals surface area contributed by atoms with Gasteiger partial charge in [-0.25, -0.2) is 0 Å². The van der Waals surface area contributed by atoms with Gasteiger partial charge in [0.15, 0.2) is 18.0 Å². The molecule has 0 radical (unpaired) electrons. The number of benzene rings is 1. The van der Waals surface area contributed by atoms with Crippen LogP contribution in [0.15, 0.2) is 28.4 Å². The highest BCUT2D eigenvalue weighted by atomic mass is 16.5. The van der Waals surface area contributed by atoms with Gasteiger partial charge in [-0.2, -0.15) is 10.2 Å². The van der Waals surface area contributed by atoms with Crippen molar-refractivity contribution in [1.82, 2.24) is 0 Å². The zero-order valence-corrected chi connectivity index (χ0v) is 12.5. The van der Waals surface area contributed by atoms with Crippen LogP contribution in [0.25, 0.3) is 0 Å². The number of anilines is 2. The monoisotopic (exact) mass is 312 g/mol. The lowest BCUT2D eigenvalue weighted by molar-refractivity contribution is -0.118. The molecule has 2 amide bonds. The fourth-order valence-corrected chi connectivity index (χ4v) is 2.41. The number of rotatable bonds is 6. The highest BCUT2D eigenvalue weighted by Gasteiger charge is 2.39. The molecular formula is C16H16N4O3. The molecule has 0 saturated carbocycles. The normalized spacial score (nSPS) is 16.6. The maximum atomic E-state index is 12.1. The first-order valence-corrected chi connectivity index (χ1v) is 7.35. The van der Waals surface area contributed by atoms with Gasteiger partial charge in [0.25, 0.3) is 5.91 Å². The van der Waals surface area contributed by atoms with Crippen molar-refractivity contribution in [1.29, 1.82) is 0 Å². The SMILES string of the molecule is C#CCCC1(CCC(=O)Nc2cccc3c2OCC(=O)N3)N=N1. The topological polar surface area (TPSA) is 92.1 Å². The van der Waals surface area contributed by atoms with Crippen LogP contribution in [-0.4, -0.2) is 24.1 Å². The van der Waals surface area contributed by atoms with Crippen LogP contribution in [0, 0.1) is 12.3 Å². The molecule has 0 saturated heterocycles. The van der Waals surface area contributed by atoms with Gasteiger partial charge >= 0.3 is 0 Å². The molecule has 7 nitrogen and oxygen atoms in total. The lowest BCUT2D eigenvalue weighted by atomic mass is 10.0. The predicted octanol–water partition coefficient (Wildman–Crippen LogP) is 2.31. The Bertz CT molecular complexity index is 715. The largest absolute Gasteiger partial charge is 0.479 e. The maximum absolute atomic E-state index is 12.1. The number of fused-ring (bicyclic) bond motifs is 1. The molecule has 0 aliphatic carbocycles. The Kier molecular flexibility index (Phi) is 3.98. The van der Waals surface area contributed by atoms with Gasteiger partial charge in [0.05, 0.1) is 11.4 Å². The van der Waals surface area contributed by atoms with Crippen LogP contribution in [-0.2, 0) is 9.59 Å². The second-order valence-corrected chi connectivity index (χ2v) is 5.45. The van der Waals surface area contributed by atoms with E-state index in [2.05, 4.69) is 26.8 Å². The number of carbonyl (C=O) groups is 2. The summed E-state index contributed by atoms with van der Waals surface area (Å²) in [5, 5.41) is 13.5. The number of carbonyl (C=O) groups excluding carboxylic acids is 2. The van der Waals surface area contributed by atoms with Crippen LogP contribution in [0.3, 0.4) is 0 Å². The molecule has 1 aromatic rings. The fraction of sp³-hybridized carbons (Fsp3) is 0.375. The minimum absolute atomic E-state index is 0.0627. The van der Waals surface area contributed by atoms with Gasteiger partial charge in [0.1, 0.15) is 0 Å². The molecule has 0 bridgehead atoms. The second-order valence-electron chi connectivity index (χ2n) is 5.45. The van der Waals surface area contributed by atoms with Gasteiger partial charge in [-0.3, -0.25) is 9.59 Å². The van der Waals surface area contributed by atoms with Crippen molar-refractivity contribution in [2.45, 2.75) is 31.3 Å². The summed E-state index contributed by atoms with van der Waals surface area (Å²) in [6, 6.07) is 5.19. The average Bonchev–Trinajstić information content (AvgIpc) is 3.31. The fourth-order valence-electron chi connectivity index (χ4n) is 2.41. The maximum Gasteiger partial charge on any atom is 0.262 e. The van der Waals surface area contributed by atoms with E-state index in [0.717, 1.165) is 0 Å². The molecule has 0 aromatic heterocycles.